The van der Waals surface area contributed by atoms with Gasteiger partial charge in [0.1, 0.15) is 0 Å². The highest BCUT2D eigenvalue weighted by Gasteiger charge is 2.15. The monoisotopic (exact) mass is 696 g/mol. The summed E-state index contributed by atoms with van der Waals surface area (Å²) in [7, 11) is 0. The third kappa shape index (κ3) is 7.74. The first-order valence-corrected chi connectivity index (χ1v) is 18.9. The van der Waals surface area contributed by atoms with Gasteiger partial charge in [-0.15, -0.1) is 0 Å². The molecule has 262 valence electrons. The molecule has 0 fully saturated rings. The third-order valence-corrected chi connectivity index (χ3v) is 10.2. The Bertz CT molecular complexity index is 2350. The number of rotatable bonds is 11. The van der Waals surface area contributed by atoms with Crippen molar-refractivity contribution in [2.75, 3.05) is 9.80 Å². The Morgan fingerprint density at radius 2 is 0.907 bits per heavy atom. The summed E-state index contributed by atoms with van der Waals surface area (Å²) in [6.45, 7) is 4.01. The Kier molecular flexibility index (Phi) is 10.4. The Hall–Kier alpha value is -6.64. The first-order chi connectivity index (χ1) is 26.7. The van der Waals surface area contributed by atoms with Gasteiger partial charge in [-0.25, -0.2) is 0 Å². The van der Waals surface area contributed by atoms with Gasteiger partial charge >= 0.3 is 0 Å². The first kappa shape index (κ1) is 34.4. The molecule has 0 heterocycles. The molecule has 0 N–H and O–H groups in total. The van der Waals surface area contributed by atoms with Crippen LogP contribution in [0.25, 0.3) is 40.0 Å². The van der Waals surface area contributed by atoms with Gasteiger partial charge in [0.2, 0.25) is 0 Å². The van der Waals surface area contributed by atoms with Crippen LogP contribution in [0.15, 0.2) is 207 Å². The molecule has 2 nitrogen and oxygen atoms in total. The van der Waals surface area contributed by atoms with E-state index in [1.165, 1.54) is 39.1 Å². The van der Waals surface area contributed by atoms with Crippen molar-refractivity contribution in [1.82, 2.24) is 0 Å². The lowest BCUT2D eigenvalue weighted by molar-refractivity contribution is 0.996. The van der Waals surface area contributed by atoms with Crippen molar-refractivity contribution in [2.24, 2.45) is 0 Å². The maximum absolute atomic E-state index is 4.01. The van der Waals surface area contributed by atoms with Gasteiger partial charge < -0.3 is 9.80 Å². The van der Waals surface area contributed by atoms with Crippen molar-refractivity contribution in [3.63, 3.8) is 0 Å². The minimum absolute atomic E-state index is 1.04. The normalized spacial score (nSPS) is 13.7. The summed E-state index contributed by atoms with van der Waals surface area (Å²) in [6.07, 6.45) is 24.2. The van der Waals surface area contributed by atoms with Gasteiger partial charge in [0.25, 0.3) is 0 Å². The van der Waals surface area contributed by atoms with Gasteiger partial charge in [0, 0.05) is 34.6 Å². The number of hydrogen-bond donors (Lipinski definition) is 0. The molecular weight excluding hydrogens is 653 g/mol. The number of nitrogens with zero attached hydrogens (tertiary/aromatic N) is 2. The molecule has 2 aliphatic rings. The van der Waals surface area contributed by atoms with Gasteiger partial charge in [0.05, 0.1) is 0 Å². The minimum Gasteiger partial charge on any atom is -0.318 e. The number of anilines is 4. The zero-order valence-corrected chi connectivity index (χ0v) is 30.6. The van der Waals surface area contributed by atoms with Crippen LogP contribution in [0.2, 0.25) is 0 Å². The average Bonchev–Trinajstić information content (AvgIpc) is 3.26. The van der Waals surface area contributed by atoms with E-state index >= 15 is 0 Å². The molecule has 6 aromatic rings. The lowest BCUT2D eigenvalue weighted by Gasteiger charge is -2.26. The summed E-state index contributed by atoms with van der Waals surface area (Å²) in [5, 5.41) is 0. The maximum Gasteiger partial charge on any atom is 0.0462 e. The van der Waals surface area contributed by atoms with E-state index in [0.29, 0.717) is 0 Å². The standard InChI is InChI=1S/C52H44N2/c1-2-40-14-12-13-19-43(40)38-39-53(48-20-10-5-11-21-48)49-30-22-46(23-31-49)47-28-36-52(37-29-47)54(50-32-24-44(25-33-50)41-15-6-3-7-16-41)51-34-26-45(27-35-51)42-17-8-4-9-18-42/h2-3,6-8,10,12-39H,1,4-5,9,11H2/b39-38-. The number of hydrogen-bond acceptors (Lipinski definition) is 2. The molecule has 0 saturated carbocycles. The molecule has 8 rings (SSSR count). The molecule has 2 heteroatoms. The van der Waals surface area contributed by atoms with Crippen molar-refractivity contribution >= 4 is 40.5 Å². The quantitative estimate of drug-likeness (QED) is 0.133. The van der Waals surface area contributed by atoms with E-state index in [9.17, 15) is 0 Å². The van der Waals surface area contributed by atoms with E-state index in [0.717, 1.165) is 59.6 Å². The fraction of sp³-hybridized carbons (Fsp3) is 0.0769. The van der Waals surface area contributed by atoms with Crippen LogP contribution in [0, 0.1) is 0 Å². The van der Waals surface area contributed by atoms with Crippen molar-refractivity contribution in [3.8, 4) is 22.3 Å². The van der Waals surface area contributed by atoms with E-state index < -0.39 is 0 Å². The molecule has 2 aliphatic carbocycles. The SMILES string of the molecule is C=Cc1ccccc1/C=C\N(C1=CCCC=C1)c1ccc(-c2ccc(N(c3ccc(C4=CCCC=C4)cc3)c3ccc(-c4ccccc4)cc3)cc2)cc1. The van der Waals surface area contributed by atoms with Crippen LogP contribution in [-0.2, 0) is 0 Å². The van der Waals surface area contributed by atoms with Crippen molar-refractivity contribution in [1.29, 1.82) is 0 Å². The van der Waals surface area contributed by atoms with Crippen LogP contribution < -0.4 is 9.80 Å². The second kappa shape index (κ2) is 16.4. The van der Waals surface area contributed by atoms with Crippen LogP contribution in [-0.4, -0.2) is 0 Å². The van der Waals surface area contributed by atoms with Crippen LogP contribution in [0.4, 0.5) is 22.7 Å². The van der Waals surface area contributed by atoms with E-state index in [4.69, 9.17) is 0 Å². The molecule has 0 atom stereocenters. The molecule has 0 spiro atoms. The summed E-state index contributed by atoms with van der Waals surface area (Å²) in [5.74, 6) is 0. The molecule has 0 aromatic heterocycles. The largest absolute Gasteiger partial charge is 0.318 e. The molecule has 6 aromatic carbocycles. The summed E-state index contributed by atoms with van der Waals surface area (Å²) < 4.78 is 0. The Morgan fingerprint density at radius 3 is 1.43 bits per heavy atom. The fourth-order valence-electron chi connectivity index (χ4n) is 7.23. The van der Waals surface area contributed by atoms with Crippen molar-refractivity contribution in [2.45, 2.75) is 25.7 Å². The molecule has 0 aliphatic heterocycles. The van der Waals surface area contributed by atoms with E-state index in [-0.39, 0.29) is 0 Å². The van der Waals surface area contributed by atoms with Crippen LogP contribution in [0.3, 0.4) is 0 Å². The molecule has 0 bridgehead atoms. The average molecular weight is 697 g/mol. The molecule has 0 radical (unpaired) electrons. The van der Waals surface area contributed by atoms with Gasteiger partial charge in [-0.2, -0.15) is 0 Å². The highest BCUT2D eigenvalue weighted by molar-refractivity contribution is 5.82. The van der Waals surface area contributed by atoms with Crippen LogP contribution >= 0.6 is 0 Å². The summed E-state index contributed by atoms with van der Waals surface area (Å²) in [6, 6.07) is 54.6. The second-order valence-electron chi connectivity index (χ2n) is 13.7. The van der Waals surface area contributed by atoms with Gasteiger partial charge in [0.15, 0.2) is 0 Å². The molecule has 0 unspecified atom stereocenters. The lowest BCUT2D eigenvalue weighted by Crippen LogP contribution is -2.15. The Morgan fingerprint density at radius 1 is 0.426 bits per heavy atom. The van der Waals surface area contributed by atoms with Gasteiger partial charge in [-0.3, -0.25) is 0 Å². The highest BCUT2D eigenvalue weighted by atomic mass is 15.1. The topological polar surface area (TPSA) is 6.48 Å². The van der Waals surface area contributed by atoms with Crippen molar-refractivity contribution < 1.29 is 0 Å². The predicted octanol–water partition coefficient (Wildman–Crippen LogP) is 14.6. The zero-order chi connectivity index (χ0) is 36.5. The molecule has 0 saturated heterocycles. The summed E-state index contributed by atoms with van der Waals surface area (Å²) in [5.41, 5.74) is 15.2. The highest BCUT2D eigenvalue weighted by Crippen LogP contribution is 2.38. The second-order valence-corrected chi connectivity index (χ2v) is 13.7. The Balaban J connectivity index is 1.08. The maximum atomic E-state index is 4.01. The lowest BCUT2D eigenvalue weighted by atomic mass is 9.99. The summed E-state index contributed by atoms with van der Waals surface area (Å²) >= 11 is 0. The van der Waals surface area contributed by atoms with E-state index in [1.54, 1.807) is 0 Å². The van der Waals surface area contributed by atoms with Crippen molar-refractivity contribution in [3.05, 3.63) is 223 Å². The predicted molar refractivity (Wildman–Crippen MR) is 233 cm³/mol. The van der Waals surface area contributed by atoms with E-state index in [2.05, 4.69) is 217 Å². The van der Waals surface area contributed by atoms with Gasteiger partial charge in [-0.1, -0.05) is 146 Å². The van der Waals surface area contributed by atoms with Gasteiger partial charge in [-0.05, 0) is 131 Å². The molecule has 54 heavy (non-hydrogen) atoms. The third-order valence-electron chi connectivity index (χ3n) is 10.2. The summed E-state index contributed by atoms with van der Waals surface area (Å²) in [4.78, 5) is 4.62. The number of benzene rings is 6. The van der Waals surface area contributed by atoms with E-state index in [1.807, 2.05) is 6.08 Å². The minimum atomic E-state index is 1.04. The number of allylic oxidation sites excluding steroid dienone is 7. The Labute approximate surface area is 320 Å². The van der Waals surface area contributed by atoms with Crippen LogP contribution in [0.5, 0.6) is 0 Å². The smallest absolute Gasteiger partial charge is 0.0462 e. The fourth-order valence-corrected chi connectivity index (χ4v) is 7.23. The molecular formula is C52H44N2. The zero-order valence-electron chi connectivity index (χ0n) is 30.6. The first-order valence-electron chi connectivity index (χ1n) is 18.9. The van der Waals surface area contributed by atoms with Crippen LogP contribution in [0.1, 0.15) is 42.4 Å². The molecule has 0 amide bonds.